The first-order chi connectivity index (χ1) is 13.0. The molecule has 0 atom stereocenters. The molecule has 27 heavy (non-hydrogen) atoms. The van der Waals surface area contributed by atoms with Crippen molar-refractivity contribution in [1.82, 2.24) is 15.6 Å². The predicted molar refractivity (Wildman–Crippen MR) is 100 cm³/mol. The number of nitrogens with zero attached hydrogens (tertiary/aromatic N) is 4. The van der Waals surface area contributed by atoms with Gasteiger partial charge in [-0.2, -0.15) is 0 Å². The van der Waals surface area contributed by atoms with E-state index in [0.29, 0.717) is 11.4 Å². The molecule has 0 aliphatic carbocycles. The molecule has 0 fully saturated rings. The number of aromatic nitrogens is 1. The highest BCUT2D eigenvalue weighted by molar-refractivity contribution is 6.13. The molecule has 6 nitrogen and oxygen atoms in total. The van der Waals surface area contributed by atoms with Crippen LogP contribution in [0.1, 0.15) is 5.56 Å². The van der Waals surface area contributed by atoms with E-state index in [-0.39, 0.29) is 11.5 Å². The van der Waals surface area contributed by atoms with E-state index in [4.69, 9.17) is 5.73 Å². The van der Waals surface area contributed by atoms with E-state index in [1.807, 2.05) is 36.4 Å². The molecule has 3 N–H and O–H groups in total. The summed E-state index contributed by atoms with van der Waals surface area (Å²) < 4.78 is 28.0. The lowest BCUT2D eigenvalue weighted by Gasteiger charge is -2.22. The van der Waals surface area contributed by atoms with Crippen molar-refractivity contribution in [1.29, 1.82) is 0 Å². The number of hydrazone groups is 1. The number of nitrogen functional groups attached to an aromatic ring is 1. The summed E-state index contributed by atoms with van der Waals surface area (Å²) in [5.41, 5.74) is 11.2. The van der Waals surface area contributed by atoms with Gasteiger partial charge < -0.3 is 5.73 Å². The molecule has 0 saturated carbocycles. The summed E-state index contributed by atoms with van der Waals surface area (Å²) >= 11 is 0. The van der Waals surface area contributed by atoms with E-state index in [0.717, 1.165) is 17.2 Å². The normalized spacial score (nSPS) is 13.8. The van der Waals surface area contributed by atoms with E-state index < -0.39 is 11.6 Å². The average molecular weight is 366 g/mol. The lowest BCUT2D eigenvalue weighted by Crippen LogP contribution is -2.43. The number of rotatable bonds is 3. The Labute approximate surface area is 154 Å². The first-order valence-electron chi connectivity index (χ1n) is 8.18. The zero-order valence-electron chi connectivity index (χ0n) is 14.4. The van der Waals surface area contributed by atoms with Crippen LogP contribution in [-0.2, 0) is 0 Å². The van der Waals surface area contributed by atoms with Gasteiger partial charge in [-0.25, -0.2) is 23.9 Å². The number of nitrogens with two attached hydrogens (primary N) is 1. The predicted octanol–water partition coefficient (Wildman–Crippen LogP) is 3.14. The smallest absolute Gasteiger partial charge is 0.184 e. The number of amidine groups is 1. The Bertz CT molecular complexity index is 1020. The Morgan fingerprint density at radius 1 is 1.00 bits per heavy atom. The number of pyridine rings is 1. The molecule has 1 aromatic heterocycles. The van der Waals surface area contributed by atoms with Crippen LogP contribution in [0.3, 0.4) is 0 Å². The maximum absolute atomic E-state index is 14.3. The van der Waals surface area contributed by atoms with E-state index >= 15 is 0 Å². The number of benzene rings is 2. The maximum atomic E-state index is 14.3. The number of halogens is 2. The molecule has 0 saturated heterocycles. The molecule has 2 heterocycles. The molecule has 1 aliphatic rings. The van der Waals surface area contributed by atoms with Crippen LogP contribution in [0.15, 0.2) is 65.9 Å². The number of nitrogens with one attached hydrogen (secondary N) is 1. The van der Waals surface area contributed by atoms with E-state index in [9.17, 15) is 8.78 Å². The second kappa shape index (κ2) is 6.65. The zero-order valence-corrected chi connectivity index (χ0v) is 14.4. The van der Waals surface area contributed by atoms with Gasteiger partial charge in [-0.15, -0.1) is 10.6 Å². The third kappa shape index (κ3) is 3.06. The molecule has 1 aliphatic heterocycles. The molecule has 2 aromatic carbocycles. The van der Waals surface area contributed by atoms with Gasteiger partial charge >= 0.3 is 0 Å². The first kappa shape index (κ1) is 16.9. The summed E-state index contributed by atoms with van der Waals surface area (Å²) in [5.74, 6) is -1.40. The molecule has 4 rings (SSSR count). The highest BCUT2D eigenvalue weighted by atomic mass is 19.2. The SMILES string of the molecule is CN1N=C(c2cc(-c3ccccc3)cnc2N)N(c2cccc(F)c2F)N1. The largest absolute Gasteiger partial charge is 0.383 e. The lowest BCUT2D eigenvalue weighted by atomic mass is 10.0. The summed E-state index contributed by atoms with van der Waals surface area (Å²) in [7, 11) is 1.64. The first-order valence-corrected chi connectivity index (χ1v) is 8.18. The van der Waals surface area contributed by atoms with Crippen LogP contribution in [0.2, 0.25) is 0 Å². The summed E-state index contributed by atoms with van der Waals surface area (Å²) in [6.07, 6.45) is 1.66. The van der Waals surface area contributed by atoms with Crippen molar-refractivity contribution in [3.05, 3.63) is 78.0 Å². The van der Waals surface area contributed by atoms with Gasteiger partial charge in [-0.3, -0.25) is 0 Å². The summed E-state index contributed by atoms with van der Waals surface area (Å²) in [5, 5.41) is 7.06. The van der Waals surface area contributed by atoms with Gasteiger partial charge in [-0.1, -0.05) is 36.4 Å². The van der Waals surface area contributed by atoms with Crippen LogP contribution in [0.5, 0.6) is 0 Å². The van der Waals surface area contributed by atoms with E-state index in [2.05, 4.69) is 15.6 Å². The second-order valence-corrected chi connectivity index (χ2v) is 5.98. The molecule has 8 heteroatoms. The Hall–Kier alpha value is -3.52. The summed E-state index contributed by atoms with van der Waals surface area (Å²) in [6, 6.07) is 15.4. The number of hydrogen-bond acceptors (Lipinski definition) is 6. The number of hydrazine groups is 2. The second-order valence-electron chi connectivity index (χ2n) is 5.98. The van der Waals surface area contributed by atoms with Crippen LogP contribution >= 0.6 is 0 Å². The molecule has 3 aromatic rings. The summed E-state index contributed by atoms with van der Waals surface area (Å²) in [4.78, 5) is 4.25. The lowest BCUT2D eigenvalue weighted by molar-refractivity contribution is 0.278. The third-order valence-corrected chi connectivity index (χ3v) is 4.14. The topological polar surface area (TPSA) is 69.8 Å². The minimum Gasteiger partial charge on any atom is -0.383 e. The van der Waals surface area contributed by atoms with Crippen LogP contribution in [0.4, 0.5) is 20.3 Å². The van der Waals surface area contributed by atoms with Crippen molar-refractivity contribution in [3.63, 3.8) is 0 Å². The molecule has 0 amide bonds. The van der Waals surface area contributed by atoms with Crippen LogP contribution in [0.25, 0.3) is 11.1 Å². The number of hydrogen-bond donors (Lipinski definition) is 2. The fraction of sp³-hybridized carbons (Fsp3) is 0.0526. The van der Waals surface area contributed by atoms with Crippen molar-refractivity contribution in [2.45, 2.75) is 0 Å². The van der Waals surface area contributed by atoms with E-state index in [1.54, 1.807) is 13.2 Å². The van der Waals surface area contributed by atoms with Crippen LogP contribution in [0, 0.1) is 11.6 Å². The number of anilines is 2. The van der Waals surface area contributed by atoms with Crippen molar-refractivity contribution in [2.75, 3.05) is 17.8 Å². The van der Waals surface area contributed by atoms with Gasteiger partial charge in [0.25, 0.3) is 0 Å². The standard InChI is InChI=1S/C19H16F2N6/c1-26-24-19(27(25-26)16-9-5-8-15(20)17(16)21)14-10-13(11-23-18(14)22)12-6-3-2-4-7-12/h2-11,25H,1H3,(H2,22,23). The highest BCUT2D eigenvalue weighted by Crippen LogP contribution is 2.28. The fourth-order valence-corrected chi connectivity index (χ4v) is 2.85. The fourth-order valence-electron chi connectivity index (χ4n) is 2.85. The van der Waals surface area contributed by atoms with Gasteiger partial charge in [0.2, 0.25) is 0 Å². The van der Waals surface area contributed by atoms with Gasteiger partial charge in [0.15, 0.2) is 17.5 Å². The van der Waals surface area contributed by atoms with Gasteiger partial charge in [0.1, 0.15) is 11.5 Å². The monoisotopic (exact) mass is 366 g/mol. The van der Waals surface area contributed by atoms with Gasteiger partial charge in [0, 0.05) is 18.8 Å². The zero-order chi connectivity index (χ0) is 19.0. The molecule has 0 radical (unpaired) electrons. The van der Waals surface area contributed by atoms with Crippen LogP contribution < -0.4 is 16.3 Å². The average Bonchev–Trinajstić information content (AvgIpc) is 3.06. The molecular weight excluding hydrogens is 350 g/mol. The van der Waals surface area contributed by atoms with Crippen molar-refractivity contribution in [3.8, 4) is 11.1 Å². The van der Waals surface area contributed by atoms with Crippen molar-refractivity contribution >= 4 is 17.3 Å². The van der Waals surface area contributed by atoms with E-state index in [1.165, 1.54) is 22.3 Å². The van der Waals surface area contributed by atoms with Crippen molar-refractivity contribution < 1.29 is 8.78 Å². The minimum absolute atomic E-state index is 0.0115. The maximum Gasteiger partial charge on any atom is 0.184 e. The Kier molecular flexibility index (Phi) is 4.17. The quantitative estimate of drug-likeness (QED) is 0.745. The molecular formula is C19H16F2N6. The van der Waals surface area contributed by atoms with Crippen molar-refractivity contribution in [2.24, 2.45) is 5.10 Å². The Morgan fingerprint density at radius 2 is 1.78 bits per heavy atom. The van der Waals surface area contributed by atoms with Gasteiger partial charge in [-0.05, 0) is 23.8 Å². The molecule has 0 unspecified atom stereocenters. The molecule has 0 bridgehead atoms. The molecule has 136 valence electrons. The summed E-state index contributed by atoms with van der Waals surface area (Å²) in [6.45, 7) is 0. The Morgan fingerprint density at radius 3 is 2.56 bits per heavy atom. The van der Waals surface area contributed by atoms with Crippen LogP contribution in [-0.4, -0.2) is 23.0 Å². The highest BCUT2D eigenvalue weighted by Gasteiger charge is 2.29. The Balaban J connectivity index is 1.81. The van der Waals surface area contributed by atoms with Gasteiger partial charge in [0.05, 0.1) is 5.56 Å². The minimum atomic E-state index is -0.987. The molecule has 0 spiro atoms. The third-order valence-electron chi connectivity index (χ3n) is 4.14.